The third-order valence-corrected chi connectivity index (χ3v) is 5.70. The van der Waals surface area contributed by atoms with E-state index in [1.165, 1.54) is 16.0 Å². The number of carbonyl (C=O) groups excluding carboxylic acids is 1. The number of aryl methyl sites for hydroxylation is 2. The lowest BCUT2D eigenvalue weighted by Crippen LogP contribution is -2.12. The van der Waals surface area contributed by atoms with E-state index >= 15 is 0 Å². The standard InChI is InChI=1S/C21H20N2O2S/c24-17(15-7-2-1-3-8-15)11-13-19(25)22-21-23-20-16-9-5-4-6-14(16)10-12-18(20)26-21/h1-9,17,24H,10-13H2,(H,22,23,25)/t17-/m1/s1. The van der Waals surface area contributed by atoms with Crippen molar-refractivity contribution in [2.45, 2.75) is 31.8 Å². The predicted octanol–water partition coefficient (Wildman–Crippen LogP) is 4.36. The molecule has 0 radical (unpaired) electrons. The van der Waals surface area contributed by atoms with E-state index in [-0.39, 0.29) is 12.3 Å². The van der Waals surface area contributed by atoms with Gasteiger partial charge in [-0.2, -0.15) is 0 Å². The van der Waals surface area contributed by atoms with Crippen molar-refractivity contribution in [1.29, 1.82) is 0 Å². The van der Waals surface area contributed by atoms with Crippen LogP contribution in [0.2, 0.25) is 0 Å². The van der Waals surface area contributed by atoms with Gasteiger partial charge in [0, 0.05) is 16.9 Å². The first-order chi connectivity index (χ1) is 12.7. The summed E-state index contributed by atoms with van der Waals surface area (Å²) in [6.07, 6.45) is 2.01. The number of hydrogen-bond acceptors (Lipinski definition) is 4. The van der Waals surface area contributed by atoms with E-state index in [0.29, 0.717) is 11.6 Å². The maximum absolute atomic E-state index is 12.3. The van der Waals surface area contributed by atoms with E-state index in [9.17, 15) is 9.90 Å². The number of nitrogens with zero attached hydrogens (tertiary/aromatic N) is 1. The van der Waals surface area contributed by atoms with E-state index in [1.54, 1.807) is 11.3 Å². The average Bonchev–Trinajstić information content (AvgIpc) is 3.09. The summed E-state index contributed by atoms with van der Waals surface area (Å²) in [7, 11) is 0. The molecule has 132 valence electrons. The molecule has 0 aliphatic heterocycles. The summed E-state index contributed by atoms with van der Waals surface area (Å²) in [5.41, 5.74) is 4.32. The molecule has 5 heteroatoms. The molecular weight excluding hydrogens is 344 g/mol. The van der Waals surface area contributed by atoms with Crippen LogP contribution in [-0.2, 0) is 17.6 Å². The number of rotatable bonds is 5. The molecule has 0 fully saturated rings. The van der Waals surface area contributed by atoms with Gasteiger partial charge in [-0.25, -0.2) is 4.98 Å². The van der Waals surface area contributed by atoms with Gasteiger partial charge in [0.1, 0.15) is 0 Å². The number of thiazole rings is 1. The van der Waals surface area contributed by atoms with Gasteiger partial charge in [-0.3, -0.25) is 4.79 Å². The van der Waals surface area contributed by atoms with E-state index < -0.39 is 6.10 Å². The van der Waals surface area contributed by atoms with Crippen molar-refractivity contribution in [2.24, 2.45) is 0 Å². The summed E-state index contributed by atoms with van der Waals surface area (Å²) >= 11 is 1.55. The molecule has 0 spiro atoms. The van der Waals surface area contributed by atoms with Crippen molar-refractivity contribution in [3.8, 4) is 11.3 Å². The Bertz CT molecular complexity index is 921. The van der Waals surface area contributed by atoms with Crippen molar-refractivity contribution in [2.75, 3.05) is 5.32 Å². The molecular formula is C21H20N2O2S. The van der Waals surface area contributed by atoms with Crippen LogP contribution in [0.5, 0.6) is 0 Å². The van der Waals surface area contributed by atoms with Crippen LogP contribution in [0.25, 0.3) is 11.3 Å². The molecule has 1 aliphatic rings. The minimum atomic E-state index is -0.627. The number of aliphatic hydroxyl groups is 1. The normalized spacial score (nSPS) is 13.6. The molecule has 3 aromatic rings. The lowest BCUT2D eigenvalue weighted by molar-refractivity contribution is -0.116. The van der Waals surface area contributed by atoms with Gasteiger partial charge in [-0.05, 0) is 30.4 Å². The highest BCUT2D eigenvalue weighted by Gasteiger charge is 2.21. The Morgan fingerprint density at radius 1 is 1.12 bits per heavy atom. The minimum Gasteiger partial charge on any atom is -0.388 e. The second kappa shape index (κ2) is 7.40. The Kier molecular flexibility index (Phi) is 4.82. The smallest absolute Gasteiger partial charge is 0.226 e. The van der Waals surface area contributed by atoms with Crippen molar-refractivity contribution >= 4 is 22.4 Å². The number of fused-ring (bicyclic) bond motifs is 3. The molecule has 0 saturated carbocycles. The van der Waals surface area contributed by atoms with Gasteiger partial charge in [-0.1, -0.05) is 54.6 Å². The van der Waals surface area contributed by atoms with Crippen LogP contribution in [0.15, 0.2) is 54.6 Å². The molecule has 4 nitrogen and oxygen atoms in total. The Morgan fingerprint density at radius 3 is 2.73 bits per heavy atom. The second-order valence-corrected chi connectivity index (χ2v) is 7.54. The molecule has 0 unspecified atom stereocenters. The average molecular weight is 364 g/mol. The van der Waals surface area contributed by atoms with Gasteiger partial charge in [-0.15, -0.1) is 11.3 Å². The Balaban J connectivity index is 1.40. The lowest BCUT2D eigenvalue weighted by atomic mass is 9.94. The van der Waals surface area contributed by atoms with E-state index in [4.69, 9.17) is 0 Å². The summed E-state index contributed by atoms with van der Waals surface area (Å²) < 4.78 is 0. The number of carbonyl (C=O) groups is 1. The van der Waals surface area contributed by atoms with Gasteiger partial charge in [0.2, 0.25) is 5.91 Å². The summed E-state index contributed by atoms with van der Waals surface area (Å²) in [5.74, 6) is -0.112. The lowest BCUT2D eigenvalue weighted by Gasteiger charge is -2.13. The fourth-order valence-corrected chi connectivity index (χ4v) is 4.29. The van der Waals surface area contributed by atoms with Crippen LogP contribution >= 0.6 is 11.3 Å². The highest BCUT2D eigenvalue weighted by Crippen LogP contribution is 2.38. The molecule has 2 aromatic carbocycles. The van der Waals surface area contributed by atoms with Crippen molar-refractivity contribution in [3.63, 3.8) is 0 Å². The summed E-state index contributed by atoms with van der Waals surface area (Å²) in [6, 6.07) is 17.7. The summed E-state index contributed by atoms with van der Waals surface area (Å²) in [4.78, 5) is 18.1. The largest absolute Gasteiger partial charge is 0.388 e. The molecule has 2 N–H and O–H groups in total. The minimum absolute atomic E-state index is 0.112. The van der Waals surface area contributed by atoms with E-state index in [2.05, 4.69) is 28.5 Å². The van der Waals surface area contributed by atoms with E-state index in [1.807, 2.05) is 36.4 Å². The van der Waals surface area contributed by atoms with Gasteiger partial charge in [0.25, 0.3) is 0 Å². The highest BCUT2D eigenvalue weighted by molar-refractivity contribution is 7.16. The highest BCUT2D eigenvalue weighted by atomic mass is 32.1. The zero-order valence-corrected chi connectivity index (χ0v) is 15.1. The zero-order valence-electron chi connectivity index (χ0n) is 14.3. The third-order valence-electron chi connectivity index (χ3n) is 4.67. The molecule has 1 aromatic heterocycles. The van der Waals surface area contributed by atoms with Gasteiger partial charge >= 0.3 is 0 Å². The molecule has 1 heterocycles. The van der Waals surface area contributed by atoms with Crippen LogP contribution in [-0.4, -0.2) is 16.0 Å². The van der Waals surface area contributed by atoms with Crippen molar-refractivity contribution in [1.82, 2.24) is 4.98 Å². The molecule has 26 heavy (non-hydrogen) atoms. The molecule has 0 bridgehead atoms. The third kappa shape index (κ3) is 3.54. The zero-order chi connectivity index (χ0) is 17.9. The first-order valence-corrected chi connectivity index (χ1v) is 9.63. The van der Waals surface area contributed by atoms with Crippen molar-refractivity contribution in [3.05, 3.63) is 70.6 Å². The van der Waals surface area contributed by atoms with Crippen LogP contribution in [0.3, 0.4) is 0 Å². The Hall–Kier alpha value is -2.50. The van der Waals surface area contributed by atoms with Crippen LogP contribution in [0.4, 0.5) is 5.13 Å². The molecule has 1 aliphatic carbocycles. The number of hydrogen-bond donors (Lipinski definition) is 2. The molecule has 4 rings (SSSR count). The summed E-state index contributed by atoms with van der Waals surface area (Å²) in [6.45, 7) is 0. The van der Waals surface area contributed by atoms with Crippen LogP contribution in [0, 0.1) is 0 Å². The maximum atomic E-state index is 12.3. The maximum Gasteiger partial charge on any atom is 0.226 e. The second-order valence-electron chi connectivity index (χ2n) is 6.46. The van der Waals surface area contributed by atoms with Crippen LogP contribution < -0.4 is 5.32 Å². The fraction of sp³-hybridized carbons (Fsp3) is 0.238. The van der Waals surface area contributed by atoms with Gasteiger partial charge < -0.3 is 10.4 Å². The molecule has 1 atom stereocenters. The number of anilines is 1. The number of aromatic nitrogens is 1. The number of nitrogens with one attached hydrogen (secondary N) is 1. The topological polar surface area (TPSA) is 62.2 Å². The number of aliphatic hydroxyl groups excluding tert-OH is 1. The van der Waals surface area contributed by atoms with Gasteiger partial charge in [0.05, 0.1) is 11.8 Å². The predicted molar refractivity (Wildman–Crippen MR) is 104 cm³/mol. The molecule has 1 amide bonds. The fourth-order valence-electron chi connectivity index (χ4n) is 3.29. The van der Waals surface area contributed by atoms with Crippen molar-refractivity contribution < 1.29 is 9.90 Å². The van der Waals surface area contributed by atoms with Crippen LogP contribution in [0.1, 0.15) is 34.9 Å². The quantitative estimate of drug-likeness (QED) is 0.707. The Morgan fingerprint density at radius 2 is 1.88 bits per heavy atom. The first kappa shape index (κ1) is 16.9. The monoisotopic (exact) mass is 364 g/mol. The summed E-state index contributed by atoms with van der Waals surface area (Å²) in [5, 5.41) is 13.7. The van der Waals surface area contributed by atoms with E-state index in [0.717, 1.165) is 24.1 Å². The molecule has 0 saturated heterocycles. The Labute approximate surface area is 156 Å². The van der Waals surface area contributed by atoms with Gasteiger partial charge in [0.15, 0.2) is 5.13 Å². The number of amides is 1. The SMILES string of the molecule is O=C(CC[C@@H](O)c1ccccc1)Nc1nc2c(s1)CCc1ccccc1-2. The number of benzene rings is 2. The first-order valence-electron chi connectivity index (χ1n) is 8.81.